The van der Waals surface area contributed by atoms with E-state index in [0.29, 0.717) is 25.5 Å². The first kappa shape index (κ1) is 10.9. The maximum atomic E-state index is 5.80. The highest BCUT2D eigenvalue weighted by Gasteiger charge is 2.04. The van der Waals surface area contributed by atoms with Crippen molar-refractivity contribution in [3.05, 3.63) is 24.0 Å². The predicted molar refractivity (Wildman–Crippen MR) is 62.0 cm³/mol. The van der Waals surface area contributed by atoms with Gasteiger partial charge >= 0.3 is 0 Å². The summed E-state index contributed by atoms with van der Waals surface area (Å²) in [6.45, 7) is 1.59. The highest BCUT2D eigenvalue weighted by Crippen LogP contribution is 2.18. The van der Waals surface area contributed by atoms with E-state index < -0.39 is 0 Å². The maximum Gasteiger partial charge on any atom is 0.133 e. The lowest BCUT2D eigenvalue weighted by molar-refractivity contribution is 0.0590. The lowest BCUT2D eigenvalue weighted by Crippen LogP contribution is -2.02. The van der Waals surface area contributed by atoms with Crippen molar-refractivity contribution in [1.29, 1.82) is 0 Å². The third-order valence-electron chi connectivity index (χ3n) is 2.26. The molecule has 5 heteroatoms. The summed E-state index contributed by atoms with van der Waals surface area (Å²) < 4.78 is 10.3. The molecule has 0 saturated carbocycles. The monoisotopic (exact) mass is 221 g/mol. The number of aromatic amines is 1. The fraction of sp³-hybridized carbons (Fsp3) is 0.364. The molecule has 0 saturated heterocycles. The van der Waals surface area contributed by atoms with Gasteiger partial charge in [0.1, 0.15) is 17.9 Å². The molecule has 5 nitrogen and oxygen atoms in total. The second-order valence-electron chi connectivity index (χ2n) is 3.47. The number of hydrogen-bond acceptors (Lipinski definition) is 4. The maximum absolute atomic E-state index is 5.80. The van der Waals surface area contributed by atoms with Gasteiger partial charge in [-0.15, -0.1) is 0 Å². The minimum atomic E-state index is 0.442. The molecule has 0 fully saturated rings. The van der Waals surface area contributed by atoms with Crippen LogP contribution in [0.15, 0.2) is 18.2 Å². The Kier molecular flexibility index (Phi) is 3.38. The van der Waals surface area contributed by atoms with E-state index in [0.717, 1.165) is 16.9 Å². The molecule has 0 aliphatic rings. The van der Waals surface area contributed by atoms with Gasteiger partial charge in [0, 0.05) is 7.11 Å². The Morgan fingerprint density at radius 2 is 2.25 bits per heavy atom. The highest BCUT2D eigenvalue weighted by atomic mass is 16.5. The molecule has 86 valence electrons. The third kappa shape index (κ3) is 2.32. The van der Waals surface area contributed by atoms with Crippen LogP contribution in [0.1, 0.15) is 5.82 Å². The molecule has 3 N–H and O–H groups in total. The number of H-pyrrole nitrogens is 1. The summed E-state index contributed by atoms with van der Waals surface area (Å²) in [5.74, 6) is 0.781. The number of aromatic nitrogens is 2. The van der Waals surface area contributed by atoms with E-state index in [1.165, 1.54) is 0 Å². The molecule has 0 aliphatic carbocycles. The number of nitrogen functional groups attached to an aromatic ring is 1. The van der Waals surface area contributed by atoms with Crippen LogP contribution in [-0.4, -0.2) is 30.3 Å². The van der Waals surface area contributed by atoms with Gasteiger partial charge in [0.2, 0.25) is 0 Å². The summed E-state index contributed by atoms with van der Waals surface area (Å²) >= 11 is 0. The Hall–Kier alpha value is -1.59. The number of nitrogens with zero attached hydrogens (tertiary/aromatic N) is 1. The molecule has 2 rings (SSSR count). The van der Waals surface area contributed by atoms with E-state index in [4.69, 9.17) is 15.2 Å². The normalized spacial score (nSPS) is 11.1. The Bertz CT molecular complexity index is 467. The van der Waals surface area contributed by atoms with Crippen molar-refractivity contribution in [2.45, 2.75) is 6.61 Å². The second-order valence-corrected chi connectivity index (χ2v) is 3.47. The van der Waals surface area contributed by atoms with Crippen LogP contribution < -0.4 is 5.73 Å². The number of benzene rings is 1. The average molecular weight is 221 g/mol. The first-order valence-electron chi connectivity index (χ1n) is 5.11. The zero-order valence-electron chi connectivity index (χ0n) is 9.19. The fourth-order valence-electron chi connectivity index (χ4n) is 1.48. The Labute approximate surface area is 93.6 Å². The van der Waals surface area contributed by atoms with E-state index in [2.05, 4.69) is 9.97 Å². The predicted octanol–water partition coefficient (Wildman–Crippen LogP) is 1.31. The number of nitrogens with two attached hydrogens (primary N) is 1. The summed E-state index contributed by atoms with van der Waals surface area (Å²) in [6, 6.07) is 5.67. The van der Waals surface area contributed by atoms with E-state index in [9.17, 15) is 0 Å². The first-order valence-corrected chi connectivity index (χ1v) is 5.11. The van der Waals surface area contributed by atoms with Gasteiger partial charge < -0.3 is 20.2 Å². The molecule has 0 amide bonds. The van der Waals surface area contributed by atoms with E-state index >= 15 is 0 Å². The van der Waals surface area contributed by atoms with Crippen molar-refractivity contribution < 1.29 is 9.47 Å². The third-order valence-corrected chi connectivity index (χ3v) is 2.26. The molecule has 0 radical (unpaired) electrons. The van der Waals surface area contributed by atoms with Crippen molar-refractivity contribution in [3.63, 3.8) is 0 Å². The summed E-state index contributed by atoms with van der Waals surface area (Å²) in [5, 5.41) is 0. The summed E-state index contributed by atoms with van der Waals surface area (Å²) in [4.78, 5) is 7.52. The molecule has 0 atom stereocenters. The number of para-hydroxylation sites is 1. The van der Waals surface area contributed by atoms with Crippen LogP contribution >= 0.6 is 0 Å². The van der Waals surface area contributed by atoms with Gasteiger partial charge in [-0.2, -0.15) is 0 Å². The van der Waals surface area contributed by atoms with E-state index in [1.54, 1.807) is 7.11 Å². The molecule has 16 heavy (non-hydrogen) atoms. The van der Waals surface area contributed by atoms with Crippen LogP contribution in [-0.2, 0) is 16.1 Å². The minimum absolute atomic E-state index is 0.442. The van der Waals surface area contributed by atoms with Crippen LogP contribution in [0.2, 0.25) is 0 Å². The number of nitrogens with one attached hydrogen (secondary N) is 1. The summed E-state index contributed by atoms with van der Waals surface area (Å²) in [6.07, 6.45) is 0. The van der Waals surface area contributed by atoms with Crippen LogP contribution in [0, 0.1) is 0 Å². The smallest absolute Gasteiger partial charge is 0.133 e. The zero-order valence-corrected chi connectivity index (χ0v) is 9.19. The minimum Gasteiger partial charge on any atom is -0.397 e. The molecule has 1 heterocycles. The molecular weight excluding hydrogens is 206 g/mol. The molecule has 0 aliphatic heterocycles. The van der Waals surface area contributed by atoms with Gasteiger partial charge in [-0.1, -0.05) is 6.07 Å². The lowest BCUT2D eigenvalue weighted by Gasteiger charge is -1.99. The van der Waals surface area contributed by atoms with Gasteiger partial charge in [0.15, 0.2) is 0 Å². The quantitative estimate of drug-likeness (QED) is 0.589. The van der Waals surface area contributed by atoms with Crippen molar-refractivity contribution in [1.82, 2.24) is 9.97 Å². The van der Waals surface area contributed by atoms with Crippen LogP contribution in [0.4, 0.5) is 5.69 Å². The Morgan fingerprint density at radius 1 is 1.38 bits per heavy atom. The number of methoxy groups -OCH3 is 1. The number of fused-ring (bicyclic) bond motifs is 1. The van der Waals surface area contributed by atoms with Crippen molar-refractivity contribution in [2.75, 3.05) is 26.1 Å². The van der Waals surface area contributed by atoms with Crippen molar-refractivity contribution in [2.24, 2.45) is 0 Å². The largest absolute Gasteiger partial charge is 0.397 e. The molecule has 0 unspecified atom stereocenters. The topological polar surface area (TPSA) is 73.2 Å². The van der Waals surface area contributed by atoms with E-state index in [-0.39, 0.29) is 0 Å². The number of hydrogen-bond donors (Lipinski definition) is 2. The average Bonchev–Trinajstić information content (AvgIpc) is 2.69. The Balaban J connectivity index is 2.05. The van der Waals surface area contributed by atoms with Crippen LogP contribution in [0.5, 0.6) is 0 Å². The fourth-order valence-corrected chi connectivity index (χ4v) is 1.48. The number of rotatable bonds is 5. The molecule has 2 aromatic rings. The molecule has 0 bridgehead atoms. The van der Waals surface area contributed by atoms with E-state index in [1.807, 2.05) is 18.2 Å². The summed E-state index contributed by atoms with van der Waals surface area (Å²) in [7, 11) is 1.64. The van der Waals surface area contributed by atoms with Gasteiger partial charge in [-0.25, -0.2) is 4.98 Å². The second kappa shape index (κ2) is 4.96. The molecular formula is C11H15N3O2. The van der Waals surface area contributed by atoms with Crippen molar-refractivity contribution in [3.8, 4) is 0 Å². The van der Waals surface area contributed by atoms with Gasteiger partial charge in [0.05, 0.1) is 24.4 Å². The molecule has 1 aromatic heterocycles. The van der Waals surface area contributed by atoms with Gasteiger partial charge in [-0.05, 0) is 12.1 Å². The van der Waals surface area contributed by atoms with Gasteiger partial charge in [-0.3, -0.25) is 0 Å². The lowest BCUT2D eigenvalue weighted by atomic mass is 10.3. The highest BCUT2D eigenvalue weighted by molar-refractivity contribution is 5.86. The summed E-state index contributed by atoms with van der Waals surface area (Å²) in [5.41, 5.74) is 8.21. The van der Waals surface area contributed by atoms with Crippen molar-refractivity contribution >= 4 is 16.7 Å². The number of anilines is 1. The first-order chi connectivity index (χ1) is 7.81. The standard InChI is InChI=1S/C11H15N3O2/c1-15-5-6-16-7-10-13-9-4-2-3-8(12)11(9)14-10/h2-4H,5-7,12H2,1H3,(H,13,14). The van der Waals surface area contributed by atoms with Crippen LogP contribution in [0.3, 0.4) is 0 Å². The SMILES string of the molecule is COCCOCc1nc2c(N)cccc2[nH]1. The Morgan fingerprint density at radius 3 is 3.00 bits per heavy atom. The number of ether oxygens (including phenoxy) is 2. The molecule has 0 spiro atoms. The zero-order chi connectivity index (χ0) is 11.4. The van der Waals surface area contributed by atoms with Gasteiger partial charge in [0.25, 0.3) is 0 Å². The van der Waals surface area contributed by atoms with Crippen LogP contribution in [0.25, 0.3) is 11.0 Å². The number of imidazole rings is 1. The molecule has 1 aromatic carbocycles.